The van der Waals surface area contributed by atoms with Crippen LogP contribution >= 0.6 is 0 Å². The van der Waals surface area contributed by atoms with Gasteiger partial charge in [-0.2, -0.15) is 5.26 Å². The molecule has 0 fully saturated rings. The minimum atomic E-state index is -0.0858. The molecule has 5 heteroatoms. The van der Waals surface area contributed by atoms with Gasteiger partial charge < -0.3 is 9.88 Å². The Morgan fingerprint density at radius 1 is 1.03 bits per heavy atom. The number of nitrogens with one attached hydrogen (secondary N) is 1. The number of benzene rings is 2. The molecule has 0 radical (unpaired) electrons. The summed E-state index contributed by atoms with van der Waals surface area (Å²) in [6.45, 7) is 0.403. The first-order valence-electron chi connectivity index (χ1n) is 9.45. The third-order valence-electron chi connectivity index (χ3n) is 4.91. The fourth-order valence-corrected chi connectivity index (χ4v) is 3.53. The van der Waals surface area contributed by atoms with E-state index >= 15 is 0 Å². The van der Waals surface area contributed by atoms with Crippen LogP contribution < -0.4 is 0 Å². The van der Waals surface area contributed by atoms with Gasteiger partial charge in [0.1, 0.15) is 6.54 Å². The standard InChI is InChI=1S/C24H20N4O/c25-12-14-28(17-18-7-6-13-26-16-18)23(29)15-21-20-10-4-5-11-22(20)27-24(21)19-8-2-1-3-9-19/h1-11,13,16,27H,14-15,17H2. The monoisotopic (exact) mass is 380 g/mol. The lowest BCUT2D eigenvalue weighted by molar-refractivity contribution is -0.130. The molecule has 1 N–H and O–H groups in total. The number of hydrogen-bond acceptors (Lipinski definition) is 3. The topological polar surface area (TPSA) is 72.8 Å². The Hall–Kier alpha value is -3.91. The predicted octanol–water partition coefficient (Wildman–Crippen LogP) is 4.32. The maximum absolute atomic E-state index is 13.2. The van der Waals surface area contributed by atoms with Gasteiger partial charge in [0.05, 0.1) is 18.2 Å². The SMILES string of the molecule is N#CCN(Cc1cccnc1)C(=O)Cc1c(-c2ccccc2)[nH]c2ccccc12. The number of carbonyl (C=O) groups is 1. The molecule has 0 atom stereocenters. The van der Waals surface area contributed by atoms with Crippen LogP contribution in [0.1, 0.15) is 11.1 Å². The normalized spacial score (nSPS) is 10.6. The van der Waals surface area contributed by atoms with Crippen molar-refractivity contribution in [3.63, 3.8) is 0 Å². The van der Waals surface area contributed by atoms with Gasteiger partial charge in [-0.3, -0.25) is 9.78 Å². The van der Waals surface area contributed by atoms with Crippen LogP contribution in [0.5, 0.6) is 0 Å². The smallest absolute Gasteiger partial charge is 0.228 e. The van der Waals surface area contributed by atoms with Crippen molar-refractivity contribution in [1.82, 2.24) is 14.9 Å². The van der Waals surface area contributed by atoms with E-state index in [0.29, 0.717) is 6.54 Å². The molecule has 0 saturated carbocycles. The van der Waals surface area contributed by atoms with Crippen LogP contribution in [0.25, 0.3) is 22.2 Å². The van der Waals surface area contributed by atoms with Crippen molar-refractivity contribution >= 4 is 16.8 Å². The van der Waals surface area contributed by atoms with E-state index in [-0.39, 0.29) is 18.9 Å². The zero-order valence-electron chi connectivity index (χ0n) is 15.9. The molecule has 1 amide bonds. The van der Waals surface area contributed by atoms with E-state index in [4.69, 9.17) is 0 Å². The molecule has 4 aromatic rings. The van der Waals surface area contributed by atoms with E-state index < -0.39 is 0 Å². The number of fused-ring (bicyclic) bond motifs is 1. The van der Waals surface area contributed by atoms with Gasteiger partial charge in [0.15, 0.2) is 0 Å². The zero-order valence-corrected chi connectivity index (χ0v) is 15.9. The average Bonchev–Trinajstić information content (AvgIpc) is 3.13. The van der Waals surface area contributed by atoms with Crippen LogP contribution in [0, 0.1) is 11.3 Å². The van der Waals surface area contributed by atoms with Crippen molar-refractivity contribution in [1.29, 1.82) is 5.26 Å². The number of para-hydroxylation sites is 1. The number of H-pyrrole nitrogens is 1. The summed E-state index contributed by atoms with van der Waals surface area (Å²) in [5.74, 6) is -0.0858. The third kappa shape index (κ3) is 4.02. The van der Waals surface area contributed by atoms with E-state index in [0.717, 1.165) is 33.3 Å². The molecule has 0 bridgehead atoms. The molecule has 0 aliphatic rings. The minimum Gasteiger partial charge on any atom is -0.354 e. The lowest BCUT2D eigenvalue weighted by atomic mass is 10.0. The van der Waals surface area contributed by atoms with Crippen molar-refractivity contribution in [2.24, 2.45) is 0 Å². The lowest BCUT2D eigenvalue weighted by Gasteiger charge is -2.20. The molecule has 2 aromatic heterocycles. The largest absolute Gasteiger partial charge is 0.354 e. The number of pyridine rings is 1. The van der Waals surface area contributed by atoms with Crippen LogP contribution in [0.4, 0.5) is 0 Å². The molecule has 5 nitrogen and oxygen atoms in total. The van der Waals surface area contributed by atoms with E-state index in [1.165, 1.54) is 0 Å². The summed E-state index contributed by atoms with van der Waals surface area (Å²) in [5.41, 5.74) is 4.82. The number of rotatable bonds is 6. The second kappa shape index (κ2) is 8.41. The number of carbonyl (C=O) groups excluding carboxylic acids is 1. The maximum atomic E-state index is 13.2. The predicted molar refractivity (Wildman–Crippen MR) is 113 cm³/mol. The Morgan fingerprint density at radius 3 is 2.59 bits per heavy atom. The summed E-state index contributed by atoms with van der Waals surface area (Å²) in [7, 11) is 0. The summed E-state index contributed by atoms with van der Waals surface area (Å²) >= 11 is 0. The zero-order chi connectivity index (χ0) is 20.1. The summed E-state index contributed by atoms with van der Waals surface area (Å²) in [6.07, 6.45) is 3.63. The van der Waals surface area contributed by atoms with Gasteiger partial charge in [-0.15, -0.1) is 0 Å². The van der Waals surface area contributed by atoms with Crippen LogP contribution in [0.15, 0.2) is 79.1 Å². The van der Waals surface area contributed by atoms with Crippen molar-refractivity contribution in [2.75, 3.05) is 6.54 Å². The summed E-state index contributed by atoms with van der Waals surface area (Å²) in [4.78, 5) is 22.3. The van der Waals surface area contributed by atoms with Crippen LogP contribution in [0.2, 0.25) is 0 Å². The van der Waals surface area contributed by atoms with Gasteiger partial charge in [0, 0.05) is 29.8 Å². The fraction of sp³-hybridized carbons (Fsp3) is 0.125. The number of nitrogens with zero attached hydrogens (tertiary/aromatic N) is 3. The Kier molecular flexibility index (Phi) is 5.35. The molecular weight excluding hydrogens is 360 g/mol. The van der Waals surface area contributed by atoms with E-state index in [1.807, 2.05) is 66.7 Å². The van der Waals surface area contributed by atoms with Crippen molar-refractivity contribution in [3.8, 4) is 17.3 Å². The van der Waals surface area contributed by atoms with Crippen molar-refractivity contribution in [3.05, 3.63) is 90.3 Å². The summed E-state index contributed by atoms with van der Waals surface area (Å²) in [6, 6.07) is 23.8. The number of nitriles is 1. The van der Waals surface area contributed by atoms with Crippen molar-refractivity contribution < 1.29 is 4.79 Å². The van der Waals surface area contributed by atoms with Gasteiger partial charge in [0.25, 0.3) is 0 Å². The molecule has 0 saturated heterocycles. The number of aromatic nitrogens is 2. The Morgan fingerprint density at radius 2 is 1.83 bits per heavy atom. The van der Waals surface area contributed by atoms with Gasteiger partial charge >= 0.3 is 0 Å². The molecule has 29 heavy (non-hydrogen) atoms. The Balaban J connectivity index is 1.69. The number of amides is 1. The van der Waals surface area contributed by atoms with Crippen LogP contribution in [0.3, 0.4) is 0 Å². The summed E-state index contributed by atoms with van der Waals surface area (Å²) < 4.78 is 0. The molecule has 4 rings (SSSR count). The summed E-state index contributed by atoms with van der Waals surface area (Å²) in [5, 5.41) is 10.3. The second-order valence-corrected chi connectivity index (χ2v) is 6.84. The van der Waals surface area contributed by atoms with Crippen molar-refractivity contribution in [2.45, 2.75) is 13.0 Å². The first-order chi connectivity index (χ1) is 14.3. The maximum Gasteiger partial charge on any atom is 0.228 e. The second-order valence-electron chi connectivity index (χ2n) is 6.84. The van der Waals surface area contributed by atoms with Gasteiger partial charge in [-0.25, -0.2) is 0 Å². The lowest BCUT2D eigenvalue weighted by Crippen LogP contribution is -2.32. The van der Waals surface area contributed by atoms with Gasteiger partial charge in [-0.05, 0) is 28.8 Å². The molecule has 0 unspecified atom stereocenters. The Bertz CT molecular complexity index is 1160. The molecular formula is C24H20N4O. The highest BCUT2D eigenvalue weighted by atomic mass is 16.2. The average molecular weight is 380 g/mol. The highest BCUT2D eigenvalue weighted by molar-refractivity contribution is 5.95. The van der Waals surface area contributed by atoms with Crippen LogP contribution in [-0.4, -0.2) is 27.3 Å². The molecule has 2 aromatic carbocycles. The Labute approximate surface area is 169 Å². The minimum absolute atomic E-state index is 0.0384. The van der Waals surface area contributed by atoms with Gasteiger partial charge in [-0.1, -0.05) is 54.6 Å². The highest BCUT2D eigenvalue weighted by Gasteiger charge is 2.20. The first kappa shape index (κ1) is 18.5. The van der Waals surface area contributed by atoms with E-state index in [1.54, 1.807) is 17.3 Å². The highest BCUT2D eigenvalue weighted by Crippen LogP contribution is 2.31. The molecule has 0 spiro atoms. The quantitative estimate of drug-likeness (QED) is 0.506. The third-order valence-corrected chi connectivity index (χ3v) is 4.91. The molecule has 2 heterocycles. The molecule has 0 aliphatic heterocycles. The van der Waals surface area contributed by atoms with E-state index in [9.17, 15) is 10.1 Å². The molecule has 142 valence electrons. The molecule has 0 aliphatic carbocycles. The van der Waals surface area contributed by atoms with Gasteiger partial charge in [0.2, 0.25) is 5.91 Å². The number of hydrogen-bond donors (Lipinski definition) is 1. The first-order valence-corrected chi connectivity index (χ1v) is 9.45. The van der Waals surface area contributed by atoms with E-state index in [2.05, 4.69) is 16.0 Å². The van der Waals surface area contributed by atoms with Crippen LogP contribution in [-0.2, 0) is 17.8 Å². The fourth-order valence-electron chi connectivity index (χ4n) is 3.53. The number of aromatic amines is 1.